The molecule has 1 aromatic rings. The van der Waals surface area contributed by atoms with Crippen LogP contribution in [0.15, 0.2) is 43.0 Å². The molecule has 4 aliphatic rings. The van der Waals surface area contributed by atoms with Gasteiger partial charge in [-0.15, -0.1) is 6.58 Å². The topological polar surface area (TPSA) is 183 Å². The quantitative estimate of drug-likeness (QED) is 0.125. The number of carbonyl (C=O) groups excluding carboxylic acids is 6. The zero-order valence-electron chi connectivity index (χ0n) is 31.2. The lowest BCUT2D eigenvalue weighted by molar-refractivity contribution is -0.164. The highest BCUT2D eigenvalue weighted by Crippen LogP contribution is 2.57. The molecule has 0 bridgehead atoms. The first kappa shape index (κ1) is 40.6. The number of nitrogens with one attached hydrogen (secondary N) is 1. The molecule has 2 unspecified atom stereocenters. The third kappa shape index (κ3) is 9.19. The molecular formula is C38H48FN3O11S. The molecule has 1 aromatic carbocycles. The Labute approximate surface area is 314 Å². The molecule has 14 nitrogen and oxygen atoms in total. The van der Waals surface area contributed by atoms with E-state index >= 15 is 0 Å². The number of halogens is 1. The SMILES string of the molecule is C=C[C@@H]1C[C@]1(CC(=O)C1CC(OC(=O)N2Cc3cccc(F)c3C2)CN1C(=O)[C@@H](CC(=O)OC(C)(C)C)[C@@H](C)OC(=O)/C=C/C)C(=O)NS(=O)(=O)C1CC1. The highest BCUT2D eigenvalue weighted by atomic mass is 32.2. The molecule has 2 aliphatic carbocycles. The van der Waals surface area contributed by atoms with Crippen LogP contribution in [0.3, 0.4) is 0 Å². The van der Waals surface area contributed by atoms with E-state index in [-0.39, 0.29) is 32.5 Å². The number of ether oxygens (including phenoxy) is 3. The Hall–Kier alpha value is -4.60. The summed E-state index contributed by atoms with van der Waals surface area (Å²) in [7, 11) is -3.94. The number of esters is 2. The minimum absolute atomic E-state index is 0.0457. The largest absolute Gasteiger partial charge is 0.460 e. The van der Waals surface area contributed by atoms with Gasteiger partial charge in [-0.3, -0.25) is 28.8 Å². The van der Waals surface area contributed by atoms with E-state index < -0.39 is 111 Å². The number of nitrogens with zero attached hydrogens (tertiary/aromatic N) is 2. The van der Waals surface area contributed by atoms with Crippen LogP contribution < -0.4 is 4.72 Å². The predicted molar refractivity (Wildman–Crippen MR) is 191 cm³/mol. The van der Waals surface area contributed by atoms with Gasteiger partial charge in [0.1, 0.15) is 23.6 Å². The molecule has 6 atom stereocenters. The van der Waals surface area contributed by atoms with Gasteiger partial charge >= 0.3 is 18.0 Å². The summed E-state index contributed by atoms with van der Waals surface area (Å²) >= 11 is 0. The average Bonchev–Trinajstić information content (AvgIpc) is 3.97. The third-order valence-corrected chi connectivity index (χ3v) is 12.0. The van der Waals surface area contributed by atoms with Crippen molar-refractivity contribution in [3.63, 3.8) is 0 Å². The summed E-state index contributed by atoms with van der Waals surface area (Å²) < 4.78 is 58.7. The van der Waals surface area contributed by atoms with Gasteiger partial charge in [-0.2, -0.15) is 0 Å². The van der Waals surface area contributed by atoms with Crippen LogP contribution in [0.25, 0.3) is 0 Å². The van der Waals surface area contributed by atoms with Gasteiger partial charge in [0, 0.05) is 31.0 Å². The van der Waals surface area contributed by atoms with Crippen molar-refractivity contribution in [2.24, 2.45) is 17.3 Å². The molecule has 1 N–H and O–H groups in total. The highest BCUT2D eigenvalue weighted by molar-refractivity contribution is 7.90. The second kappa shape index (κ2) is 15.6. The van der Waals surface area contributed by atoms with Crippen molar-refractivity contribution in [3.05, 3.63) is 60.0 Å². The van der Waals surface area contributed by atoms with Gasteiger partial charge in [0.15, 0.2) is 5.78 Å². The lowest BCUT2D eigenvalue weighted by Crippen LogP contribution is -2.49. The summed E-state index contributed by atoms with van der Waals surface area (Å²) in [5.41, 5.74) is -1.37. The fraction of sp³-hybridized carbons (Fsp3) is 0.579. The third-order valence-electron chi connectivity index (χ3n) is 10.2. The number of Topliss-reactive ketones (excluding diaryl/α,β-unsaturated/α-hetero) is 1. The Morgan fingerprint density at radius 3 is 2.43 bits per heavy atom. The molecule has 0 aromatic heterocycles. The maximum absolute atomic E-state index is 14.5. The Kier molecular flexibility index (Phi) is 11.7. The van der Waals surface area contributed by atoms with E-state index in [0.29, 0.717) is 24.0 Å². The molecule has 0 radical (unpaired) electrons. The van der Waals surface area contributed by atoms with Gasteiger partial charge in [-0.05, 0) is 71.4 Å². The van der Waals surface area contributed by atoms with Crippen molar-refractivity contribution < 1.29 is 55.8 Å². The van der Waals surface area contributed by atoms with Crippen molar-refractivity contribution >= 4 is 45.7 Å². The highest BCUT2D eigenvalue weighted by Gasteiger charge is 2.61. The number of benzene rings is 1. The molecular weight excluding hydrogens is 725 g/mol. The second-order valence-corrected chi connectivity index (χ2v) is 17.5. The van der Waals surface area contributed by atoms with Crippen molar-refractivity contribution in [3.8, 4) is 0 Å². The minimum atomic E-state index is -3.94. The van der Waals surface area contributed by atoms with Crippen LogP contribution in [0.5, 0.6) is 0 Å². The molecule has 3 fully saturated rings. The van der Waals surface area contributed by atoms with E-state index in [9.17, 15) is 41.6 Å². The van der Waals surface area contributed by atoms with Gasteiger partial charge < -0.3 is 19.1 Å². The van der Waals surface area contributed by atoms with Crippen molar-refractivity contribution in [2.75, 3.05) is 6.54 Å². The first-order valence-corrected chi connectivity index (χ1v) is 19.6. The Bertz CT molecular complexity index is 1850. The normalized spacial score (nSPS) is 24.7. The van der Waals surface area contributed by atoms with Crippen LogP contribution in [0.1, 0.15) is 84.3 Å². The van der Waals surface area contributed by atoms with Crippen molar-refractivity contribution in [1.82, 2.24) is 14.5 Å². The Morgan fingerprint density at radius 2 is 1.83 bits per heavy atom. The molecule has 54 heavy (non-hydrogen) atoms. The zero-order chi connectivity index (χ0) is 39.7. The van der Waals surface area contributed by atoms with Crippen molar-refractivity contribution in [2.45, 2.75) is 115 Å². The van der Waals surface area contributed by atoms with Gasteiger partial charge in [0.05, 0.1) is 42.1 Å². The first-order chi connectivity index (χ1) is 25.3. The molecule has 2 aliphatic heterocycles. The number of ketones is 1. The fourth-order valence-electron chi connectivity index (χ4n) is 7.14. The molecule has 2 saturated carbocycles. The molecule has 5 rings (SSSR count). The molecule has 294 valence electrons. The van der Waals surface area contributed by atoms with E-state index in [0.717, 1.165) is 11.0 Å². The number of amides is 3. The predicted octanol–water partition coefficient (Wildman–Crippen LogP) is 3.86. The van der Waals surface area contributed by atoms with Gasteiger partial charge in [-0.1, -0.05) is 24.3 Å². The summed E-state index contributed by atoms with van der Waals surface area (Å²) in [4.78, 5) is 83.7. The van der Waals surface area contributed by atoms with E-state index in [1.165, 1.54) is 36.1 Å². The number of sulfonamides is 1. The van der Waals surface area contributed by atoms with E-state index in [4.69, 9.17) is 14.2 Å². The number of fused-ring (bicyclic) bond motifs is 1. The molecule has 0 spiro atoms. The minimum Gasteiger partial charge on any atom is -0.460 e. The van der Waals surface area contributed by atoms with E-state index in [1.54, 1.807) is 33.8 Å². The smallest absolute Gasteiger partial charge is 0.410 e. The average molecular weight is 774 g/mol. The number of rotatable bonds is 14. The van der Waals surface area contributed by atoms with Crippen LogP contribution >= 0.6 is 0 Å². The lowest BCUT2D eigenvalue weighted by atomic mass is 9.90. The van der Waals surface area contributed by atoms with Crippen LogP contribution in [0, 0.1) is 23.1 Å². The van der Waals surface area contributed by atoms with Crippen molar-refractivity contribution in [1.29, 1.82) is 0 Å². The Morgan fingerprint density at radius 1 is 1.13 bits per heavy atom. The first-order valence-electron chi connectivity index (χ1n) is 18.1. The molecule has 2 heterocycles. The fourth-order valence-corrected chi connectivity index (χ4v) is 8.52. The second-order valence-electron chi connectivity index (χ2n) is 15.5. The number of likely N-dealkylation sites (tertiary alicyclic amines) is 1. The zero-order valence-corrected chi connectivity index (χ0v) is 32.0. The maximum Gasteiger partial charge on any atom is 0.410 e. The summed E-state index contributed by atoms with van der Waals surface area (Å²) in [6.07, 6.45) is 0.878. The van der Waals surface area contributed by atoms with Gasteiger partial charge in [-0.25, -0.2) is 22.4 Å². The van der Waals surface area contributed by atoms with Crippen LogP contribution in [-0.4, -0.2) is 89.5 Å². The van der Waals surface area contributed by atoms with Crippen LogP contribution in [0.2, 0.25) is 0 Å². The number of hydrogen-bond donors (Lipinski definition) is 1. The summed E-state index contributed by atoms with van der Waals surface area (Å²) in [5.74, 6) is -6.05. The monoisotopic (exact) mass is 773 g/mol. The number of allylic oxidation sites excluding steroid dienone is 2. The van der Waals surface area contributed by atoms with Crippen LogP contribution in [-0.2, 0) is 61.3 Å². The van der Waals surface area contributed by atoms with Gasteiger partial charge in [0.25, 0.3) is 0 Å². The van der Waals surface area contributed by atoms with Crippen LogP contribution in [0.4, 0.5) is 9.18 Å². The van der Waals surface area contributed by atoms with Gasteiger partial charge in [0.2, 0.25) is 21.8 Å². The standard InChI is InChI=1S/C38H48FN3O11S/c1-7-10-32(44)51-22(3)27(16-33(45)53-37(4,5)6)34(46)42-20-25(52-36(48)41-19-23-11-9-12-29(39)28(23)21-41)15-30(42)31(43)18-38(17-24(38)8-2)35(47)40-54(49,50)26-13-14-26/h7-12,22,24-27,30H,2,13-21H2,1,3-6H3,(H,40,47)/b10-7+/t22-,24-,25?,27+,30?,38-/m1/s1. The van der Waals surface area contributed by atoms with E-state index in [2.05, 4.69) is 11.3 Å². The number of carbonyl (C=O) groups is 6. The van der Waals surface area contributed by atoms with E-state index in [1.807, 2.05) is 0 Å². The summed E-state index contributed by atoms with van der Waals surface area (Å²) in [5, 5.41) is -0.681. The lowest BCUT2D eigenvalue weighted by Gasteiger charge is -2.31. The summed E-state index contributed by atoms with van der Waals surface area (Å²) in [6, 6.07) is 3.25. The Balaban J connectivity index is 1.41. The molecule has 1 saturated heterocycles. The molecule has 3 amide bonds. The number of hydrogen-bond acceptors (Lipinski definition) is 11. The maximum atomic E-state index is 14.5. The summed E-state index contributed by atoms with van der Waals surface area (Å²) in [6.45, 7) is 11.5. The molecule has 16 heteroatoms.